The summed E-state index contributed by atoms with van der Waals surface area (Å²) in [4.78, 5) is 25.3. The van der Waals surface area contributed by atoms with Crippen LogP contribution in [0.2, 0.25) is 0 Å². The van der Waals surface area contributed by atoms with E-state index in [9.17, 15) is 4.79 Å². The topological polar surface area (TPSA) is 49.3 Å². The number of aromatic nitrogens is 2. The molecule has 134 valence electrons. The second-order valence-electron chi connectivity index (χ2n) is 5.64. The molecule has 4 rings (SSSR count). The normalized spacial score (nSPS) is 15.6. The Hall–Kier alpha value is -2.25. The van der Waals surface area contributed by atoms with E-state index in [0.717, 1.165) is 14.7 Å². The van der Waals surface area contributed by atoms with Gasteiger partial charge in [-0.3, -0.25) is 0 Å². The number of nitrogens with zero attached hydrogens (tertiary/aromatic N) is 4. The van der Waals surface area contributed by atoms with Gasteiger partial charge in [0.15, 0.2) is 0 Å². The average Bonchev–Trinajstić information content (AvgIpc) is 3.24. The van der Waals surface area contributed by atoms with E-state index >= 15 is 0 Å². The second-order valence-corrected chi connectivity index (χ2v) is 9.61. The van der Waals surface area contributed by atoms with E-state index in [1.54, 1.807) is 25.5 Å². The van der Waals surface area contributed by atoms with Gasteiger partial charge in [-0.05, 0) is 0 Å². The molecule has 1 fully saturated rings. The number of para-hydroxylation sites is 1. The number of anilines is 3. The Morgan fingerprint density at radius 2 is 1.85 bits per heavy atom. The molecule has 2 aromatic heterocycles. The summed E-state index contributed by atoms with van der Waals surface area (Å²) in [6, 6.07) is 16.0. The van der Waals surface area contributed by atoms with Crippen LogP contribution in [0.4, 0.5) is 16.2 Å². The van der Waals surface area contributed by atoms with Gasteiger partial charge in [-0.25, -0.2) is 0 Å². The van der Waals surface area contributed by atoms with Crippen LogP contribution in [0.5, 0.6) is 0 Å². The fourth-order valence-corrected chi connectivity index (χ4v) is 5.91. The number of thiocarbonyl (C=S) groups is 1. The molecule has 0 N–H and O–H groups in total. The van der Waals surface area contributed by atoms with Gasteiger partial charge < -0.3 is 0 Å². The predicted octanol–water partition coefficient (Wildman–Crippen LogP) is 3.83. The van der Waals surface area contributed by atoms with Gasteiger partial charge in [-0.1, -0.05) is 0 Å². The van der Waals surface area contributed by atoms with Crippen molar-refractivity contribution in [2.24, 2.45) is 0 Å². The van der Waals surface area contributed by atoms with E-state index in [1.165, 1.54) is 16.7 Å². The van der Waals surface area contributed by atoms with Gasteiger partial charge in [0.1, 0.15) is 0 Å². The molecular weight excluding hydrogens is 443 g/mol. The van der Waals surface area contributed by atoms with Gasteiger partial charge in [0, 0.05) is 0 Å². The van der Waals surface area contributed by atoms with Crippen LogP contribution in [0.15, 0.2) is 65.8 Å². The summed E-state index contributed by atoms with van der Waals surface area (Å²) >= 11 is 6.57. The molecule has 3 heterocycles. The molecule has 1 saturated heterocycles. The zero-order chi connectivity index (χ0) is 18.8. The first-order valence-electron chi connectivity index (χ1n) is 8.07. The third kappa shape index (κ3) is 3.75. The number of likely N-dealkylation sites (N-methyl/N-ethyl adjacent to an activating group) is 1. The Bertz CT molecular complexity index is 981. The first-order valence-corrected chi connectivity index (χ1v) is 11.0. The maximum atomic E-state index is 12.2. The summed E-state index contributed by atoms with van der Waals surface area (Å²) in [5, 5.41) is 0. The molecule has 0 bridgehead atoms. The van der Waals surface area contributed by atoms with Crippen LogP contribution in [0, 0.1) is 0 Å². The third-order valence-corrected chi connectivity index (χ3v) is 7.48. The quantitative estimate of drug-likeness (QED) is 0.337. The molecule has 0 aliphatic carbocycles. The number of carbonyl (C=O) groups is 1. The Morgan fingerprint density at radius 3 is 2.52 bits per heavy atom. The van der Waals surface area contributed by atoms with Gasteiger partial charge in [-0.15, -0.1) is 0 Å². The number of amides is 1. The zero-order valence-electron chi connectivity index (χ0n) is 14.3. The van der Waals surface area contributed by atoms with Gasteiger partial charge in [0.05, 0.1) is 0 Å². The van der Waals surface area contributed by atoms with Crippen molar-refractivity contribution in [2.45, 2.75) is 0 Å². The van der Waals surface area contributed by atoms with Gasteiger partial charge in [-0.2, -0.15) is 0 Å². The molecule has 1 aromatic carbocycles. The first-order chi connectivity index (χ1) is 13.1. The SMILES string of the molecule is CN1C(=O)/C(=C\c2ccc(N(c3ccccc3)c3ncccn3)[se]2)SC1=S. The Labute approximate surface area is 172 Å². The molecule has 3 aromatic rings. The Balaban J connectivity index is 1.71. The van der Waals surface area contributed by atoms with Crippen molar-refractivity contribution in [3.63, 3.8) is 0 Å². The average molecular weight is 457 g/mol. The van der Waals surface area contributed by atoms with Crippen molar-refractivity contribution in [1.29, 1.82) is 0 Å². The minimum absolute atomic E-state index is 0.0195. The molecule has 0 unspecified atom stereocenters. The molecule has 1 aliphatic heterocycles. The number of carbonyl (C=O) groups excluding carboxylic acids is 1. The van der Waals surface area contributed by atoms with Crippen molar-refractivity contribution >= 4 is 71.0 Å². The number of rotatable bonds is 4. The monoisotopic (exact) mass is 458 g/mol. The van der Waals surface area contributed by atoms with Crippen LogP contribution in [0.25, 0.3) is 6.08 Å². The van der Waals surface area contributed by atoms with Crippen LogP contribution < -0.4 is 4.90 Å². The number of hydrogen-bond acceptors (Lipinski definition) is 6. The van der Waals surface area contributed by atoms with Crippen LogP contribution in [-0.2, 0) is 4.79 Å². The van der Waals surface area contributed by atoms with E-state index in [2.05, 4.69) is 27.0 Å². The predicted molar refractivity (Wildman–Crippen MR) is 115 cm³/mol. The molecule has 5 nitrogen and oxygen atoms in total. The Morgan fingerprint density at radius 1 is 1.11 bits per heavy atom. The van der Waals surface area contributed by atoms with Crippen molar-refractivity contribution < 1.29 is 4.79 Å². The molecule has 0 radical (unpaired) electrons. The summed E-state index contributed by atoms with van der Waals surface area (Å²) in [7, 11) is 1.71. The molecule has 0 spiro atoms. The first kappa shape index (κ1) is 18.1. The van der Waals surface area contributed by atoms with Crippen LogP contribution >= 0.6 is 24.0 Å². The van der Waals surface area contributed by atoms with E-state index < -0.39 is 0 Å². The van der Waals surface area contributed by atoms with Crippen LogP contribution in [-0.4, -0.2) is 46.6 Å². The molecule has 27 heavy (non-hydrogen) atoms. The number of benzene rings is 1. The van der Waals surface area contributed by atoms with Gasteiger partial charge in [0.25, 0.3) is 0 Å². The molecule has 8 heteroatoms. The fourth-order valence-electron chi connectivity index (χ4n) is 2.54. The fraction of sp³-hybridized carbons (Fsp3) is 0.0526. The molecule has 1 aliphatic rings. The summed E-state index contributed by atoms with van der Waals surface area (Å²) in [5.74, 6) is 0.591. The van der Waals surface area contributed by atoms with Crippen molar-refractivity contribution in [3.05, 3.63) is 70.3 Å². The maximum absolute atomic E-state index is 12.2. The van der Waals surface area contributed by atoms with Crippen molar-refractivity contribution in [3.8, 4) is 0 Å². The van der Waals surface area contributed by atoms with E-state index in [4.69, 9.17) is 12.2 Å². The molecule has 1 amide bonds. The minimum atomic E-state index is -0.0403. The second kappa shape index (κ2) is 7.78. The summed E-state index contributed by atoms with van der Waals surface area (Å²) in [6.07, 6.45) is 5.42. The van der Waals surface area contributed by atoms with Crippen LogP contribution in [0.1, 0.15) is 4.44 Å². The Kier molecular flexibility index (Phi) is 5.22. The van der Waals surface area contributed by atoms with Crippen LogP contribution in [0.3, 0.4) is 0 Å². The van der Waals surface area contributed by atoms with Crippen molar-refractivity contribution in [2.75, 3.05) is 11.9 Å². The number of hydrogen-bond donors (Lipinski definition) is 0. The molecule has 0 saturated carbocycles. The summed E-state index contributed by atoms with van der Waals surface area (Å²) < 4.78 is 2.82. The molecular formula is C19H14N4OS2Se. The standard InChI is InChI=1S/C19H14N4OS2Se/c1-22-17(24)15(26-19(22)25)12-14-8-9-16(27-14)23(13-6-3-2-4-7-13)18-20-10-5-11-21-18/h2-12H,1H3/b15-12+. The number of thioether (sulfide) groups is 1. The van der Waals surface area contributed by atoms with E-state index in [0.29, 0.717) is 15.2 Å². The third-order valence-electron chi connectivity index (χ3n) is 3.86. The summed E-state index contributed by atoms with van der Waals surface area (Å²) in [6.45, 7) is 0. The summed E-state index contributed by atoms with van der Waals surface area (Å²) in [5.41, 5.74) is 1.01. The zero-order valence-corrected chi connectivity index (χ0v) is 17.6. The molecule has 0 atom stereocenters. The van der Waals surface area contributed by atoms with E-state index in [-0.39, 0.29) is 20.4 Å². The van der Waals surface area contributed by atoms with Crippen molar-refractivity contribution in [1.82, 2.24) is 14.9 Å². The van der Waals surface area contributed by atoms with E-state index in [1.807, 2.05) is 36.4 Å². The van der Waals surface area contributed by atoms with Gasteiger partial charge in [0.2, 0.25) is 0 Å². The van der Waals surface area contributed by atoms with Gasteiger partial charge >= 0.3 is 173 Å².